The first kappa shape index (κ1) is 14.9. The molecule has 0 spiro atoms. The minimum Gasteiger partial charge on any atom is -0.330 e. The van der Waals surface area contributed by atoms with Crippen LogP contribution in [0.4, 0.5) is 0 Å². The Morgan fingerprint density at radius 3 is 2.47 bits per heavy atom. The van der Waals surface area contributed by atoms with Crippen molar-refractivity contribution in [2.45, 2.75) is 52.0 Å². The van der Waals surface area contributed by atoms with Gasteiger partial charge in [-0.1, -0.05) is 19.8 Å². The summed E-state index contributed by atoms with van der Waals surface area (Å²) >= 11 is 0. The summed E-state index contributed by atoms with van der Waals surface area (Å²) in [4.78, 5) is 0. The van der Waals surface area contributed by atoms with Gasteiger partial charge in [-0.3, -0.25) is 0 Å². The van der Waals surface area contributed by atoms with Gasteiger partial charge in [0.2, 0.25) is 10.0 Å². The number of unbranched alkanes of at least 4 members (excludes halogenated alkanes) is 2. The molecule has 3 N–H and O–H groups in total. The van der Waals surface area contributed by atoms with Gasteiger partial charge in [-0.15, -0.1) is 0 Å². The van der Waals surface area contributed by atoms with Crippen LogP contribution in [0, 0.1) is 0 Å². The minimum absolute atomic E-state index is 0.0489. The molecule has 0 heterocycles. The van der Waals surface area contributed by atoms with Crippen LogP contribution in [0.15, 0.2) is 0 Å². The van der Waals surface area contributed by atoms with Crippen LogP contribution in [-0.2, 0) is 10.0 Å². The fourth-order valence-corrected chi connectivity index (χ4v) is 2.80. The van der Waals surface area contributed by atoms with Crippen molar-refractivity contribution in [2.75, 3.05) is 12.3 Å². The Balaban J connectivity index is 3.81. The first-order valence-corrected chi connectivity index (χ1v) is 7.37. The molecule has 0 aromatic rings. The molecule has 0 fully saturated rings. The van der Waals surface area contributed by atoms with Crippen molar-refractivity contribution >= 4 is 10.0 Å². The van der Waals surface area contributed by atoms with Crippen molar-refractivity contribution in [1.29, 1.82) is 0 Å². The van der Waals surface area contributed by atoms with Crippen LogP contribution in [0.1, 0.15) is 46.0 Å². The molecule has 4 nitrogen and oxygen atoms in total. The van der Waals surface area contributed by atoms with Crippen molar-refractivity contribution < 1.29 is 8.42 Å². The zero-order valence-electron chi connectivity index (χ0n) is 9.83. The second kappa shape index (κ2) is 8.07. The summed E-state index contributed by atoms with van der Waals surface area (Å²) in [6.45, 7) is 4.57. The maximum atomic E-state index is 11.5. The number of hydrogen-bond donors (Lipinski definition) is 2. The van der Waals surface area contributed by atoms with Crippen LogP contribution in [0.25, 0.3) is 0 Å². The van der Waals surface area contributed by atoms with Gasteiger partial charge in [0.05, 0.1) is 5.75 Å². The molecule has 0 aromatic heterocycles. The Morgan fingerprint density at radius 2 is 1.93 bits per heavy atom. The smallest absolute Gasteiger partial charge is 0.211 e. The van der Waals surface area contributed by atoms with E-state index < -0.39 is 10.0 Å². The average molecular weight is 236 g/mol. The van der Waals surface area contributed by atoms with Gasteiger partial charge in [0, 0.05) is 6.04 Å². The SMILES string of the molecule is CCCCC(C)NS(=O)(=O)CCCCN. The average Bonchev–Trinajstić information content (AvgIpc) is 2.14. The molecule has 0 aliphatic rings. The van der Waals surface area contributed by atoms with Crippen molar-refractivity contribution in [3.05, 3.63) is 0 Å². The maximum Gasteiger partial charge on any atom is 0.211 e. The first-order valence-electron chi connectivity index (χ1n) is 5.72. The van der Waals surface area contributed by atoms with Gasteiger partial charge in [-0.05, 0) is 32.7 Å². The largest absolute Gasteiger partial charge is 0.330 e. The zero-order valence-corrected chi connectivity index (χ0v) is 10.6. The molecule has 0 saturated carbocycles. The lowest BCUT2D eigenvalue weighted by Crippen LogP contribution is -2.34. The van der Waals surface area contributed by atoms with E-state index in [9.17, 15) is 8.42 Å². The zero-order chi connectivity index (χ0) is 11.7. The molecule has 1 unspecified atom stereocenters. The van der Waals surface area contributed by atoms with Gasteiger partial charge in [0.25, 0.3) is 0 Å². The summed E-state index contributed by atoms with van der Waals surface area (Å²) in [5, 5.41) is 0. The Labute approximate surface area is 93.7 Å². The molecule has 92 valence electrons. The van der Waals surface area contributed by atoms with Crippen molar-refractivity contribution in [2.24, 2.45) is 5.73 Å². The second-order valence-electron chi connectivity index (χ2n) is 3.98. The topological polar surface area (TPSA) is 72.2 Å². The van der Waals surface area contributed by atoms with Gasteiger partial charge >= 0.3 is 0 Å². The molecule has 0 radical (unpaired) electrons. The van der Waals surface area contributed by atoms with Gasteiger partial charge in [-0.2, -0.15) is 0 Å². The van der Waals surface area contributed by atoms with Crippen LogP contribution < -0.4 is 10.5 Å². The molecule has 15 heavy (non-hydrogen) atoms. The Hall–Kier alpha value is -0.130. The van der Waals surface area contributed by atoms with Gasteiger partial charge < -0.3 is 5.73 Å². The minimum atomic E-state index is -3.09. The third-order valence-corrected chi connectivity index (χ3v) is 3.83. The third kappa shape index (κ3) is 8.84. The summed E-state index contributed by atoms with van der Waals surface area (Å²) < 4.78 is 25.7. The first-order chi connectivity index (χ1) is 7.02. The van der Waals surface area contributed by atoms with E-state index in [1.807, 2.05) is 6.92 Å². The van der Waals surface area contributed by atoms with E-state index in [0.29, 0.717) is 13.0 Å². The lowest BCUT2D eigenvalue weighted by molar-refractivity contribution is 0.532. The number of sulfonamides is 1. The highest BCUT2D eigenvalue weighted by atomic mass is 32.2. The van der Waals surface area contributed by atoms with Crippen LogP contribution in [0.5, 0.6) is 0 Å². The van der Waals surface area contributed by atoms with Gasteiger partial charge in [0.15, 0.2) is 0 Å². The number of nitrogens with two attached hydrogens (primary N) is 1. The van der Waals surface area contributed by atoms with Crippen LogP contribution in [0.3, 0.4) is 0 Å². The van der Waals surface area contributed by atoms with Crippen LogP contribution in [-0.4, -0.2) is 26.8 Å². The van der Waals surface area contributed by atoms with Crippen LogP contribution >= 0.6 is 0 Å². The quantitative estimate of drug-likeness (QED) is 0.591. The standard InChI is InChI=1S/C10H24N2O2S/c1-3-4-7-10(2)12-15(13,14)9-6-5-8-11/h10,12H,3-9,11H2,1-2H3. The molecule has 0 aliphatic heterocycles. The van der Waals surface area contributed by atoms with Crippen molar-refractivity contribution in [1.82, 2.24) is 4.72 Å². The van der Waals surface area contributed by atoms with E-state index in [1.165, 1.54) is 0 Å². The molecule has 0 saturated heterocycles. The fraction of sp³-hybridized carbons (Fsp3) is 1.00. The predicted octanol–water partition coefficient (Wildman–Crippen LogP) is 1.22. The summed E-state index contributed by atoms with van der Waals surface area (Å²) in [6, 6.07) is 0.0489. The monoisotopic (exact) mass is 236 g/mol. The maximum absolute atomic E-state index is 11.5. The van der Waals surface area contributed by atoms with E-state index >= 15 is 0 Å². The fourth-order valence-electron chi connectivity index (χ4n) is 1.37. The molecular weight excluding hydrogens is 212 g/mol. The molecule has 0 amide bonds. The molecule has 0 aromatic carbocycles. The van der Waals surface area contributed by atoms with E-state index in [0.717, 1.165) is 25.7 Å². The molecule has 1 atom stereocenters. The molecular formula is C10H24N2O2S. The van der Waals surface area contributed by atoms with Gasteiger partial charge in [-0.25, -0.2) is 13.1 Å². The summed E-state index contributed by atoms with van der Waals surface area (Å²) in [7, 11) is -3.09. The lowest BCUT2D eigenvalue weighted by atomic mass is 10.2. The number of hydrogen-bond acceptors (Lipinski definition) is 3. The molecule has 0 rings (SSSR count). The summed E-state index contributed by atoms with van der Waals surface area (Å²) in [5.41, 5.74) is 5.31. The van der Waals surface area contributed by atoms with Gasteiger partial charge in [0.1, 0.15) is 0 Å². The van der Waals surface area contributed by atoms with E-state index in [-0.39, 0.29) is 11.8 Å². The molecule has 0 bridgehead atoms. The van der Waals surface area contributed by atoms with E-state index in [4.69, 9.17) is 5.73 Å². The van der Waals surface area contributed by atoms with Crippen molar-refractivity contribution in [3.63, 3.8) is 0 Å². The highest BCUT2D eigenvalue weighted by molar-refractivity contribution is 7.89. The summed E-state index contributed by atoms with van der Waals surface area (Å²) in [6.07, 6.45) is 4.48. The predicted molar refractivity (Wildman–Crippen MR) is 64.2 cm³/mol. The highest BCUT2D eigenvalue weighted by Crippen LogP contribution is 2.02. The van der Waals surface area contributed by atoms with E-state index in [2.05, 4.69) is 11.6 Å². The second-order valence-corrected chi connectivity index (χ2v) is 5.85. The van der Waals surface area contributed by atoms with E-state index in [1.54, 1.807) is 0 Å². The Morgan fingerprint density at radius 1 is 1.27 bits per heavy atom. The molecule has 5 heteroatoms. The lowest BCUT2D eigenvalue weighted by Gasteiger charge is -2.13. The molecule has 0 aliphatic carbocycles. The third-order valence-electron chi connectivity index (χ3n) is 2.24. The number of nitrogens with one attached hydrogen (secondary N) is 1. The normalized spacial score (nSPS) is 14.1. The highest BCUT2D eigenvalue weighted by Gasteiger charge is 2.13. The number of rotatable bonds is 9. The summed E-state index contributed by atoms with van der Waals surface area (Å²) in [5.74, 6) is 0.195. The van der Waals surface area contributed by atoms with Crippen molar-refractivity contribution in [3.8, 4) is 0 Å². The Bertz CT molecular complexity index is 240. The van der Waals surface area contributed by atoms with Crippen LogP contribution in [0.2, 0.25) is 0 Å². The Kier molecular flexibility index (Phi) is 8.00.